The van der Waals surface area contributed by atoms with Crippen molar-refractivity contribution >= 4 is 5.91 Å². The maximum atomic E-state index is 12.1. The van der Waals surface area contributed by atoms with E-state index in [0.29, 0.717) is 42.7 Å². The smallest absolute Gasteiger partial charge is 0.255 e. The largest absolute Gasteiger partial charge is 0.486 e. The van der Waals surface area contributed by atoms with E-state index in [1.807, 2.05) is 12.1 Å². The van der Waals surface area contributed by atoms with Crippen LogP contribution in [0.5, 0.6) is 11.5 Å². The average molecular weight is 263 g/mol. The number of fused-ring (bicyclic) bond motifs is 1. The lowest BCUT2D eigenvalue weighted by atomic mass is 10.1. The van der Waals surface area contributed by atoms with E-state index in [1.54, 1.807) is 6.07 Å². The van der Waals surface area contributed by atoms with Crippen LogP contribution in [0.1, 0.15) is 37.0 Å². The molecule has 104 valence electrons. The molecule has 0 spiro atoms. The molecule has 1 aromatic carbocycles. The Kier molecular flexibility index (Phi) is 4.66. The third kappa shape index (κ3) is 3.63. The van der Waals surface area contributed by atoms with Crippen molar-refractivity contribution in [2.75, 3.05) is 19.8 Å². The van der Waals surface area contributed by atoms with E-state index in [0.717, 1.165) is 12.8 Å². The van der Waals surface area contributed by atoms with Crippen LogP contribution >= 0.6 is 0 Å². The summed E-state index contributed by atoms with van der Waals surface area (Å²) >= 11 is 0. The van der Waals surface area contributed by atoms with Gasteiger partial charge in [-0.1, -0.05) is 19.9 Å². The van der Waals surface area contributed by atoms with Crippen molar-refractivity contribution in [3.8, 4) is 11.5 Å². The highest BCUT2D eigenvalue weighted by Gasteiger charge is 2.19. The molecule has 0 saturated carbocycles. The molecule has 1 heterocycles. The van der Waals surface area contributed by atoms with Crippen LogP contribution in [-0.4, -0.2) is 25.7 Å². The Morgan fingerprint density at radius 1 is 1.32 bits per heavy atom. The van der Waals surface area contributed by atoms with Gasteiger partial charge in [-0.3, -0.25) is 4.79 Å². The molecule has 4 nitrogen and oxygen atoms in total. The zero-order valence-corrected chi connectivity index (χ0v) is 11.6. The van der Waals surface area contributed by atoms with Gasteiger partial charge in [0.15, 0.2) is 11.5 Å². The molecule has 0 unspecified atom stereocenters. The van der Waals surface area contributed by atoms with E-state index in [2.05, 4.69) is 19.2 Å². The molecule has 0 aliphatic carbocycles. The van der Waals surface area contributed by atoms with E-state index in [9.17, 15) is 4.79 Å². The quantitative estimate of drug-likeness (QED) is 0.831. The summed E-state index contributed by atoms with van der Waals surface area (Å²) in [4.78, 5) is 12.1. The third-order valence-electron chi connectivity index (χ3n) is 3.05. The van der Waals surface area contributed by atoms with E-state index >= 15 is 0 Å². The van der Waals surface area contributed by atoms with Gasteiger partial charge in [-0.25, -0.2) is 0 Å². The lowest BCUT2D eigenvalue weighted by Crippen LogP contribution is -2.26. The Morgan fingerprint density at radius 2 is 2.11 bits per heavy atom. The number of hydrogen-bond donors (Lipinski definition) is 1. The minimum absolute atomic E-state index is 0.0916. The van der Waals surface area contributed by atoms with E-state index in [4.69, 9.17) is 9.47 Å². The predicted molar refractivity (Wildman–Crippen MR) is 73.8 cm³/mol. The summed E-state index contributed by atoms with van der Waals surface area (Å²) in [6.45, 7) is 6.08. The molecule has 0 radical (unpaired) electrons. The Bertz CT molecular complexity index is 443. The van der Waals surface area contributed by atoms with Crippen LogP contribution in [0.15, 0.2) is 18.2 Å². The lowest BCUT2D eigenvalue weighted by molar-refractivity contribution is 0.0941. The van der Waals surface area contributed by atoms with Gasteiger partial charge in [-0.15, -0.1) is 0 Å². The monoisotopic (exact) mass is 263 g/mol. The van der Waals surface area contributed by atoms with Crippen molar-refractivity contribution in [3.05, 3.63) is 23.8 Å². The zero-order chi connectivity index (χ0) is 13.7. The molecule has 19 heavy (non-hydrogen) atoms. The van der Waals surface area contributed by atoms with Crippen molar-refractivity contribution in [2.24, 2.45) is 5.92 Å². The highest BCUT2D eigenvalue weighted by Crippen LogP contribution is 2.33. The number of ether oxygens (including phenoxy) is 2. The van der Waals surface area contributed by atoms with E-state index in [-0.39, 0.29) is 5.91 Å². The maximum absolute atomic E-state index is 12.1. The number of nitrogens with one attached hydrogen (secondary N) is 1. The summed E-state index contributed by atoms with van der Waals surface area (Å²) in [6, 6.07) is 5.41. The van der Waals surface area contributed by atoms with Gasteiger partial charge in [-0.2, -0.15) is 0 Å². The Morgan fingerprint density at radius 3 is 2.89 bits per heavy atom. The van der Waals surface area contributed by atoms with Crippen LogP contribution in [0.3, 0.4) is 0 Å². The van der Waals surface area contributed by atoms with Gasteiger partial charge < -0.3 is 14.8 Å². The molecule has 4 heteroatoms. The topological polar surface area (TPSA) is 47.6 Å². The van der Waals surface area contributed by atoms with Crippen molar-refractivity contribution in [1.29, 1.82) is 0 Å². The molecule has 1 aliphatic heterocycles. The van der Waals surface area contributed by atoms with Crippen LogP contribution in [0, 0.1) is 5.92 Å². The summed E-state index contributed by atoms with van der Waals surface area (Å²) in [5.74, 6) is 1.79. The SMILES string of the molecule is CC(C)CCCNC(=O)c1cccc2c1OCCO2. The fraction of sp³-hybridized carbons (Fsp3) is 0.533. The van der Waals surface area contributed by atoms with E-state index in [1.165, 1.54) is 0 Å². The van der Waals surface area contributed by atoms with Gasteiger partial charge in [0, 0.05) is 6.54 Å². The van der Waals surface area contributed by atoms with Gasteiger partial charge in [0.2, 0.25) is 0 Å². The molecule has 0 atom stereocenters. The first-order valence-electron chi connectivity index (χ1n) is 6.85. The molecule has 1 aliphatic rings. The second-order valence-electron chi connectivity index (χ2n) is 5.12. The molecule has 1 amide bonds. The fourth-order valence-electron chi connectivity index (χ4n) is 2.06. The highest BCUT2D eigenvalue weighted by molar-refractivity contribution is 5.97. The summed E-state index contributed by atoms with van der Waals surface area (Å²) in [5, 5.41) is 2.93. The number of benzene rings is 1. The molecule has 0 saturated heterocycles. The second kappa shape index (κ2) is 6.45. The van der Waals surface area contributed by atoms with Crippen LogP contribution < -0.4 is 14.8 Å². The minimum Gasteiger partial charge on any atom is -0.486 e. The van der Waals surface area contributed by atoms with Crippen LogP contribution in [0.4, 0.5) is 0 Å². The highest BCUT2D eigenvalue weighted by atomic mass is 16.6. The molecule has 0 aromatic heterocycles. The van der Waals surface area contributed by atoms with Gasteiger partial charge in [0.25, 0.3) is 5.91 Å². The Balaban J connectivity index is 1.95. The van der Waals surface area contributed by atoms with Gasteiger partial charge in [-0.05, 0) is 30.9 Å². The number of hydrogen-bond acceptors (Lipinski definition) is 3. The number of carbonyl (C=O) groups is 1. The minimum atomic E-state index is -0.0916. The first kappa shape index (κ1) is 13.7. The standard InChI is InChI=1S/C15H21NO3/c1-11(2)5-4-8-16-15(17)12-6-3-7-13-14(12)19-10-9-18-13/h3,6-7,11H,4-5,8-10H2,1-2H3,(H,16,17). The van der Waals surface area contributed by atoms with Gasteiger partial charge in [0.05, 0.1) is 5.56 Å². The number of rotatable bonds is 5. The molecular weight excluding hydrogens is 242 g/mol. The molecule has 0 bridgehead atoms. The molecule has 0 fully saturated rings. The predicted octanol–water partition coefficient (Wildman–Crippen LogP) is 2.62. The molecular formula is C15H21NO3. The zero-order valence-electron chi connectivity index (χ0n) is 11.6. The fourth-order valence-corrected chi connectivity index (χ4v) is 2.06. The first-order valence-corrected chi connectivity index (χ1v) is 6.85. The molecule has 2 rings (SSSR count). The Hall–Kier alpha value is -1.71. The summed E-state index contributed by atoms with van der Waals surface area (Å²) < 4.78 is 11.0. The summed E-state index contributed by atoms with van der Waals surface area (Å²) in [5.41, 5.74) is 0.557. The Labute approximate surface area is 114 Å². The third-order valence-corrected chi connectivity index (χ3v) is 3.05. The maximum Gasteiger partial charge on any atom is 0.255 e. The van der Waals surface area contributed by atoms with Crippen molar-refractivity contribution in [2.45, 2.75) is 26.7 Å². The van der Waals surface area contributed by atoms with Crippen molar-refractivity contribution < 1.29 is 14.3 Å². The summed E-state index contributed by atoms with van der Waals surface area (Å²) in [7, 11) is 0. The number of carbonyl (C=O) groups excluding carboxylic acids is 1. The van der Waals surface area contributed by atoms with Crippen LogP contribution in [0.2, 0.25) is 0 Å². The van der Waals surface area contributed by atoms with Gasteiger partial charge in [0.1, 0.15) is 13.2 Å². The second-order valence-corrected chi connectivity index (χ2v) is 5.12. The van der Waals surface area contributed by atoms with Gasteiger partial charge >= 0.3 is 0 Å². The van der Waals surface area contributed by atoms with Crippen molar-refractivity contribution in [1.82, 2.24) is 5.32 Å². The molecule has 1 N–H and O–H groups in total. The number of para-hydroxylation sites is 1. The van der Waals surface area contributed by atoms with Crippen LogP contribution in [-0.2, 0) is 0 Å². The summed E-state index contributed by atoms with van der Waals surface area (Å²) in [6.07, 6.45) is 2.11. The normalized spacial score (nSPS) is 13.4. The molecule has 1 aromatic rings. The van der Waals surface area contributed by atoms with Crippen molar-refractivity contribution in [3.63, 3.8) is 0 Å². The number of amides is 1. The van der Waals surface area contributed by atoms with E-state index < -0.39 is 0 Å². The average Bonchev–Trinajstić information content (AvgIpc) is 2.42. The lowest BCUT2D eigenvalue weighted by Gasteiger charge is -2.20. The first-order chi connectivity index (χ1) is 9.18. The van der Waals surface area contributed by atoms with Crippen LogP contribution in [0.25, 0.3) is 0 Å².